The fourth-order valence-corrected chi connectivity index (χ4v) is 2.41. The predicted molar refractivity (Wildman–Crippen MR) is 77.2 cm³/mol. The fraction of sp³-hybridized carbons (Fsp3) is 0.500. The highest BCUT2D eigenvalue weighted by Crippen LogP contribution is 2.20. The number of carbonyl (C=O) groups is 1. The van der Waals surface area contributed by atoms with Gasteiger partial charge in [-0.05, 0) is 18.5 Å². The van der Waals surface area contributed by atoms with Crippen molar-refractivity contribution in [2.45, 2.75) is 13.0 Å². The zero-order valence-electron chi connectivity index (χ0n) is 11.5. The first-order valence-corrected chi connectivity index (χ1v) is 7.02. The molecule has 1 aliphatic rings. The maximum Gasteiger partial charge on any atom is 0.244 e. The van der Waals surface area contributed by atoms with Gasteiger partial charge in [-0.25, -0.2) is 0 Å². The van der Waals surface area contributed by atoms with Crippen molar-refractivity contribution in [3.05, 3.63) is 11.5 Å². The number of fused-ring (bicyclic) bond motifs is 1. The minimum atomic E-state index is -0.424. The maximum atomic E-state index is 12.4. The van der Waals surface area contributed by atoms with Crippen molar-refractivity contribution in [1.29, 1.82) is 0 Å². The maximum absolute atomic E-state index is 12.4. The molecule has 1 atom stereocenters. The number of aromatic nitrogens is 4. The molecule has 1 amide bonds. The number of nitrogens with zero attached hydrogens (tertiary/aromatic N) is 4. The normalized spacial score (nSPS) is 17.0. The summed E-state index contributed by atoms with van der Waals surface area (Å²) < 4.78 is 5.25. The number of rotatable bonds is 3. The van der Waals surface area contributed by atoms with Crippen LogP contribution < -0.4 is 5.32 Å². The van der Waals surface area contributed by atoms with Crippen LogP contribution in [0.2, 0.25) is 5.28 Å². The molecule has 8 nitrogen and oxygen atoms in total. The topological polar surface area (TPSA) is 96.0 Å². The lowest BCUT2D eigenvalue weighted by molar-refractivity contribution is -0.135. The van der Waals surface area contributed by atoms with Crippen molar-refractivity contribution >= 4 is 34.4 Å². The van der Waals surface area contributed by atoms with Crippen molar-refractivity contribution in [2.75, 3.05) is 31.6 Å². The Morgan fingerprint density at radius 3 is 3.00 bits per heavy atom. The quantitative estimate of drug-likeness (QED) is 0.809. The number of nitrogens with one attached hydrogen (secondary N) is 2. The second-order valence-electron chi connectivity index (χ2n) is 4.78. The number of morpholine rings is 1. The highest BCUT2D eigenvalue weighted by molar-refractivity contribution is 6.28. The van der Waals surface area contributed by atoms with Gasteiger partial charge in [0.2, 0.25) is 11.2 Å². The third-order valence-electron chi connectivity index (χ3n) is 3.33. The number of halogens is 1. The monoisotopic (exact) mass is 310 g/mol. The molecule has 0 saturated carbocycles. The van der Waals surface area contributed by atoms with Gasteiger partial charge >= 0.3 is 0 Å². The number of hydrogen-bond donors (Lipinski definition) is 2. The molecule has 0 aromatic carbocycles. The van der Waals surface area contributed by atoms with Gasteiger partial charge in [-0.1, -0.05) is 0 Å². The summed E-state index contributed by atoms with van der Waals surface area (Å²) in [6.07, 6.45) is 1.60. The SMILES string of the molecule is CC(Nc1nc(Cl)nc2[nH]ncc12)C(=O)N1CCOCC1. The third-order valence-corrected chi connectivity index (χ3v) is 3.50. The molecule has 3 heterocycles. The van der Waals surface area contributed by atoms with Crippen LogP contribution in [0.1, 0.15) is 6.92 Å². The molecule has 2 aromatic rings. The van der Waals surface area contributed by atoms with Crippen molar-refractivity contribution in [3.63, 3.8) is 0 Å². The number of carbonyl (C=O) groups excluding carboxylic acids is 1. The molecule has 1 unspecified atom stereocenters. The number of ether oxygens (including phenoxy) is 1. The first-order chi connectivity index (χ1) is 10.1. The molecule has 1 aliphatic heterocycles. The zero-order chi connectivity index (χ0) is 14.8. The van der Waals surface area contributed by atoms with E-state index in [1.54, 1.807) is 18.0 Å². The molecule has 1 saturated heterocycles. The molecule has 2 aromatic heterocycles. The molecular formula is C12H15ClN6O2. The second-order valence-corrected chi connectivity index (χ2v) is 5.12. The van der Waals surface area contributed by atoms with Gasteiger partial charge < -0.3 is 15.0 Å². The molecule has 2 N–H and O–H groups in total. The van der Waals surface area contributed by atoms with Crippen LogP contribution in [0, 0.1) is 0 Å². The molecule has 0 spiro atoms. The van der Waals surface area contributed by atoms with Crippen molar-refractivity contribution in [1.82, 2.24) is 25.1 Å². The van der Waals surface area contributed by atoms with Crippen molar-refractivity contribution in [2.24, 2.45) is 0 Å². The van der Waals surface area contributed by atoms with Gasteiger partial charge in [-0.15, -0.1) is 0 Å². The van der Waals surface area contributed by atoms with Gasteiger partial charge in [0, 0.05) is 13.1 Å². The molecule has 112 valence electrons. The number of hydrogen-bond acceptors (Lipinski definition) is 6. The molecule has 21 heavy (non-hydrogen) atoms. The first-order valence-electron chi connectivity index (χ1n) is 6.65. The van der Waals surface area contributed by atoms with E-state index in [1.165, 1.54) is 0 Å². The smallest absolute Gasteiger partial charge is 0.244 e. The third kappa shape index (κ3) is 2.91. The summed E-state index contributed by atoms with van der Waals surface area (Å²) in [6, 6.07) is -0.424. The van der Waals surface area contributed by atoms with Crippen molar-refractivity contribution in [3.8, 4) is 0 Å². The highest BCUT2D eigenvalue weighted by Gasteiger charge is 2.23. The van der Waals surface area contributed by atoms with E-state index in [1.807, 2.05) is 0 Å². The standard InChI is InChI=1S/C12H15ClN6O2/c1-7(11(20)19-2-4-21-5-3-19)15-9-8-6-14-18-10(8)17-12(13)16-9/h6-7H,2-5H2,1H3,(H2,14,15,16,17,18). The Labute approximate surface area is 125 Å². The fourth-order valence-electron chi connectivity index (χ4n) is 2.24. The highest BCUT2D eigenvalue weighted by atomic mass is 35.5. The molecule has 3 rings (SSSR count). The summed E-state index contributed by atoms with van der Waals surface area (Å²) in [6.45, 7) is 4.15. The largest absolute Gasteiger partial charge is 0.378 e. The average molecular weight is 311 g/mol. The van der Waals surface area contributed by atoms with Crippen LogP contribution in [0.15, 0.2) is 6.20 Å². The molecule has 1 fully saturated rings. The van der Waals surface area contributed by atoms with E-state index in [9.17, 15) is 4.79 Å². The average Bonchev–Trinajstić information content (AvgIpc) is 2.95. The Hall–Kier alpha value is -1.93. The first kappa shape index (κ1) is 14.0. The molecular weight excluding hydrogens is 296 g/mol. The predicted octanol–water partition coefficient (Wildman–Crippen LogP) is 0.665. The van der Waals surface area contributed by atoms with E-state index in [0.717, 1.165) is 0 Å². The van der Waals surface area contributed by atoms with Crippen LogP contribution in [0.5, 0.6) is 0 Å². The van der Waals surface area contributed by atoms with E-state index in [0.29, 0.717) is 43.2 Å². The minimum Gasteiger partial charge on any atom is -0.378 e. The van der Waals surface area contributed by atoms with Gasteiger partial charge in [-0.2, -0.15) is 15.1 Å². The zero-order valence-corrected chi connectivity index (χ0v) is 12.2. The van der Waals surface area contributed by atoms with Crippen LogP contribution in [-0.2, 0) is 9.53 Å². The Bertz CT molecular complexity index is 654. The van der Waals surface area contributed by atoms with E-state index in [2.05, 4.69) is 25.5 Å². The van der Waals surface area contributed by atoms with E-state index in [4.69, 9.17) is 16.3 Å². The molecule has 9 heteroatoms. The number of aromatic amines is 1. The van der Waals surface area contributed by atoms with Crippen molar-refractivity contribution < 1.29 is 9.53 Å². The molecule has 0 radical (unpaired) electrons. The minimum absolute atomic E-state index is 0.00433. The Morgan fingerprint density at radius 1 is 1.48 bits per heavy atom. The lowest BCUT2D eigenvalue weighted by Crippen LogP contribution is -2.47. The summed E-state index contributed by atoms with van der Waals surface area (Å²) in [5.74, 6) is 0.498. The molecule has 0 bridgehead atoms. The van der Waals surface area contributed by atoms with E-state index in [-0.39, 0.29) is 11.2 Å². The van der Waals surface area contributed by atoms with Gasteiger partial charge in [-0.3, -0.25) is 9.89 Å². The van der Waals surface area contributed by atoms with Gasteiger partial charge in [0.25, 0.3) is 0 Å². The van der Waals surface area contributed by atoms with Gasteiger partial charge in [0.05, 0.1) is 24.8 Å². The van der Waals surface area contributed by atoms with Crippen LogP contribution in [-0.4, -0.2) is 63.3 Å². The lowest BCUT2D eigenvalue weighted by Gasteiger charge is -2.29. The van der Waals surface area contributed by atoms with Crippen LogP contribution in [0.3, 0.4) is 0 Å². The summed E-state index contributed by atoms with van der Waals surface area (Å²) in [7, 11) is 0. The van der Waals surface area contributed by atoms with Crippen LogP contribution in [0.4, 0.5) is 5.82 Å². The van der Waals surface area contributed by atoms with E-state index < -0.39 is 6.04 Å². The summed E-state index contributed by atoms with van der Waals surface area (Å²) in [5, 5.41) is 10.5. The number of amides is 1. The lowest BCUT2D eigenvalue weighted by atomic mass is 10.2. The Balaban J connectivity index is 1.77. The second kappa shape index (κ2) is 5.82. The van der Waals surface area contributed by atoms with E-state index >= 15 is 0 Å². The summed E-state index contributed by atoms with van der Waals surface area (Å²) in [5.41, 5.74) is 0.531. The van der Waals surface area contributed by atoms with Crippen LogP contribution in [0.25, 0.3) is 11.0 Å². The molecule has 0 aliphatic carbocycles. The Kier molecular flexibility index (Phi) is 3.89. The summed E-state index contributed by atoms with van der Waals surface area (Å²) in [4.78, 5) is 22.3. The number of H-pyrrole nitrogens is 1. The summed E-state index contributed by atoms with van der Waals surface area (Å²) >= 11 is 5.87. The Morgan fingerprint density at radius 2 is 2.24 bits per heavy atom. The van der Waals surface area contributed by atoms with Crippen LogP contribution >= 0.6 is 11.6 Å². The number of anilines is 1. The van der Waals surface area contributed by atoms with Gasteiger partial charge in [0.1, 0.15) is 11.9 Å². The van der Waals surface area contributed by atoms with Gasteiger partial charge in [0.15, 0.2) is 5.65 Å².